The topological polar surface area (TPSA) is 35.6 Å². The van der Waals surface area contributed by atoms with Crippen LogP contribution in [0.5, 0.6) is 0 Å². The summed E-state index contributed by atoms with van der Waals surface area (Å²) in [7, 11) is 0. The van der Waals surface area contributed by atoms with Gasteiger partial charge in [0.15, 0.2) is 5.82 Å². The molecule has 8 aromatic carbocycles. The van der Waals surface area contributed by atoms with Crippen molar-refractivity contribution in [3.8, 4) is 22.9 Å². The third kappa shape index (κ3) is 4.38. The molecule has 59 heavy (non-hydrogen) atoms. The fourth-order valence-electron chi connectivity index (χ4n) is 10.8. The summed E-state index contributed by atoms with van der Waals surface area (Å²) < 4.78 is 5.03. The maximum absolute atomic E-state index is 5.57. The first-order chi connectivity index (χ1) is 28.6. The van der Waals surface area contributed by atoms with Crippen molar-refractivity contribution in [2.24, 2.45) is 5.41 Å². The van der Waals surface area contributed by atoms with Crippen LogP contribution in [0.3, 0.4) is 0 Å². The molecule has 0 atom stereocenters. The Hall–Kier alpha value is -6.78. The van der Waals surface area contributed by atoms with Crippen LogP contribution < -0.4 is 0 Å². The summed E-state index contributed by atoms with van der Waals surface area (Å²) in [5.74, 6) is 1.59. The van der Waals surface area contributed by atoms with Crippen LogP contribution in [0, 0.1) is 5.41 Å². The summed E-state index contributed by atoms with van der Waals surface area (Å²) in [4.78, 5) is 10.9. The first-order valence-corrected chi connectivity index (χ1v) is 20.8. The minimum Gasteiger partial charge on any atom is -0.309 e. The molecule has 11 aromatic rings. The molecule has 0 N–H and O–H groups in total. The molecule has 0 spiro atoms. The summed E-state index contributed by atoms with van der Waals surface area (Å²) in [6, 6.07) is 57.6. The molecule has 0 fully saturated rings. The molecule has 284 valence electrons. The lowest BCUT2D eigenvalue weighted by molar-refractivity contribution is 0.125. The Kier molecular flexibility index (Phi) is 6.78. The molecular formula is C55H44N4. The SMILES string of the molecule is CC1(C)c2cccc(-n3c4cc5ccccc5cc4c4c3ccc3c5ccccc5n(-c5nc(-c6ccccc6)nc6c5ccc5ccccc56)c34)c2C(C)(C)C1(C)C. The molecule has 3 heterocycles. The van der Waals surface area contributed by atoms with E-state index in [2.05, 4.69) is 208 Å². The quantitative estimate of drug-likeness (QED) is 0.168. The van der Waals surface area contributed by atoms with Crippen molar-refractivity contribution in [1.29, 1.82) is 0 Å². The minimum absolute atomic E-state index is 0.0122. The van der Waals surface area contributed by atoms with Crippen LogP contribution in [0.2, 0.25) is 0 Å². The Labute approximate surface area is 343 Å². The van der Waals surface area contributed by atoms with Gasteiger partial charge in [0.1, 0.15) is 5.82 Å². The summed E-state index contributed by atoms with van der Waals surface area (Å²) >= 11 is 0. The normalized spacial score (nSPS) is 15.7. The van der Waals surface area contributed by atoms with Crippen LogP contribution in [0.15, 0.2) is 158 Å². The molecule has 1 aliphatic rings. The highest BCUT2D eigenvalue weighted by Gasteiger charge is 2.57. The van der Waals surface area contributed by atoms with Crippen molar-refractivity contribution in [3.05, 3.63) is 169 Å². The Morgan fingerprint density at radius 2 is 1.12 bits per heavy atom. The standard InChI is InChI=1S/C55H44N4/c1-53(2)42-24-16-26-45(48(42)54(3,4)55(53,5)6)58-44-30-29-39-38-23-14-15-25-43(38)59(50(39)47(44)41-31-35-20-10-11-21-36(35)32-46(41)58)52-40-28-27-33-17-12-13-22-37(33)49(40)56-51(57-52)34-18-8-7-9-19-34/h7-32H,1-6H3. The second-order valence-corrected chi connectivity index (χ2v) is 18.3. The van der Waals surface area contributed by atoms with Gasteiger partial charge in [0.05, 0.1) is 33.3 Å². The van der Waals surface area contributed by atoms with E-state index in [0.717, 1.165) is 44.1 Å². The molecule has 12 rings (SSSR count). The van der Waals surface area contributed by atoms with Gasteiger partial charge >= 0.3 is 0 Å². The van der Waals surface area contributed by atoms with E-state index in [0.29, 0.717) is 5.82 Å². The Morgan fingerprint density at radius 1 is 0.441 bits per heavy atom. The number of hydrogen-bond donors (Lipinski definition) is 0. The number of nitrogens with zero attached hydrogens (tertiary/aromatic N) is 4. The number of rotatable bonds is 3. The number of aromatic nitrogens is 4. The van der Waals surface area contributed by atoms with E-state index in [1.54, 1.807) is 0 Å². The molecule has 1 aliphatic carbocycles. The Balaban J connectivity index is 1.30. The van der Waals surface area contributed by atoms with Crippen LogP contribution in [-0.2, 0) is 10.8 Å². The smallest absolute Gasteiger partial charge is 0.162 e. The molecule has 0 saturated heterocycles. The van der Waals surface area contributed by atoms with Crippen molar-refractivity contribution in [3.63, 3.8) is 0 Å². The lowest BCUT2D eigenvalue weighted by Crippen LogP contribution is -2.42. The average molecular weight is 761 g/mol. The highest BCUT2D eigenvalue weighted by atomic mass is 15.1. The van der Waals surface area contributed by atoms with Gasteiger partial charge in [0.2, 0.25) is 0 Å². The molecule has 3 aromatic heterocycles. The van der Waals surface area contributed by atoms with E-state index in [4.69, 9.17) is 9.97 Å². The maximum atomic E-state index is 5.57. The summed E-state index contributed by atoms with van der Waals surface area (Å²) in [6.45, 7) is 14.7. The molecule has 0 saturated carbocycles. The molecule has 0 aliphatic heterocycles. The largest absolute Gasteiger partial charge is 0.309 e. The van der Waals surface area contributed by atoms with E-state index in [1.807, 2.05) is 0 Å². The fraction of sp³-hybridized carbons (Fsp3) is 0.164. The summed E-state index contributed by atoms with van der Waals surface area (Å²) in [5.41, 5.74) is 10.6. The number of benzene rings is 8. The summed E-state index contributed by atoms with van der Waals surface area (Å²) in [5, 5.41) is 10.6. The van der Waals surface area contributed by atoms with Crippen molar-refractivity contribution in [2.75, 3.05) is 0 Å². The molecule has 4 heteroatoms. The fourth-order valence-corrected chi connectivity index (χ4v) is 10.8. The number of para-hydroxylation sites is 1. The second kappa shape index (κ2) is 11.7. The molecule has 0 radical (unpaired) electrons. The van der Waals surface area contributed by atoms with Crippen LogP contribution in [-0.4, -0.2) is 19.1 Å². The van der Waals surface area contributed by atoms with Crippen molar-refractivity contribution >= 4 is 76.1 Å². The zero-order valence-electron chi connectivity index (χ0n) is 34.3. The van der Waals surface area contributed by atoms with E-state index in [9.17, 15) is 0 Å². The second-order valence-electron chi connectivity index (χ2n) is 18.3. The monoisotopic (exact) mass is 760 g/mol. The first kappa shape index (κ1) is 34.3. The van der Waals surface area contributed by atoms with Crippen LogP contribution in [0.4, 0.5) is 0 Å². The van der Waals surface area contributed by atoms with Crippen molar-refractivity contribution in [1.82, 2.24) is 19.1 Å². The van der Waals surface area contributed by atoms with Gasteiger partial charge in [0, 0.05) is 37.9 Å². The number of fused-ring (bicyclic) bond motifs is 12. The molecular weight excluding hydrogens is 717 g/mol. The van der Waals surface area contributed by atoms with Gasteiger partial charge < -0.3 is 4.57 Å². The van der Waals surface area contributed by atoms with E-state index in [-0.39, 0.29) is 16.2 Å². The van der Waals surface area contributed by atoms with Gasteiger partial charge in [-0.1, -0.05) is 163 Å². The first-order valence-electron chi connectivity index (χ1n) is 20.8. The highest BCUT2D eigenvalue weighted by molar-refractivity contribution is 6.28. The third-order valence-electron chi connectivity index (χ3n) is 15.0. The average Bonchev–Trinajstić information content (AvgIpc) is 3.80. The van der Waals surface area contributed by atoms with Crippen LogP contribution in [0.1, 0.15) is 52.7 Å². The van der Waals surface area contributed by atoms with Gasteiger partial charge in [-0.2, -0.15) is 0 Å². The predicted molar refractivity (Wildman–Crippen MR) is 248 cm³/mol. The van der Waals surface area contributed by atoms with Gasteiger partial charge in [-0.15, -0.1) is 0 Å². The van der Waals surface area contributed by atoms with Crippen molar-refractivity contribution < 1.29 is 0 Å². The van der Waals surface area contributed by atoms with Gasteiger partial charge in [-0.3, -0.25) is 4.57 Å². The van der Waals surface area contributed by atoms with Gasteiger partial charge in [-0.25, -0.2) is 9.97 Å². The van der Waals surface area contributed by atoms with Crippen LogP contribution in [0.25, 0.3) is 99.0 Å². The van der Waals surface area contributed by atoms with Gasteiger partial charge in [-0.05, 0) is 79.9 Å². The lowest BCUT2D eigenvalue weighted by atomic mass is 9.59. The van der Waals surface area contributed by atoms with E-state index in [1.165, 1.54) is 60.2 Å². The maximum Gasteiger partial charge on any atom is 0.162 e. The lowest BCUT2D eigenvalue weighted by Gasteiger charge is -2.44. The van der Waals surface area contributed by atoms with E-state index < -0.39 is 0 Å². The van der Waals surface area contributed by atoms with Gasteiger partial charge in [0.25, 0.3) is 0 Å². The van der Waals surface area contributed by atoms with Crippen molar-refractivity contribution in [2.45, 2.75) is 52.4 Å². The number of hydrogen-bond acceptors (Lipinski definition) is 2. The zero-order valence-corrected chi connectivity index (χ0v) is 34.3. The Morgan fingerprint density at radius 3 is 1.92 bits per heavy atom. The highest BCUT2D eigenvalue weighted by Crippen LogP contribution is 2.63. The molecule has 0 amide bonds. The molecule has 0 bridgehead atoms. The minimum atomic E-state index is -0.0995. The van der Waals surface area contributed by atoms with Crippen LogP contribution >= 0.6 is 0 Å². The zero-order chi connectivity index (χ0) is 40.0. The Bertz CT molecular complexity index is 3580. The summed E-state index contributed by atoms with van der Waals surface area (Å²) in [6.07, 6.45) is 0. The third-order valence-corrected chi connectivity index (χ3v) is 15.0. The molecule has 4 nitrogen and oxygen atoms in total. The molecule has 0 unspecified atom stereocenters. The van der Waals surface area contributed by atoms with E-state index >= 15 is 0 Å². The predicted octanol–water partition coefficient (Wildman–Crippen LogP) is 14.4.